The van der Waals surface area contributed by atoms with Crippen molar-refractivity contribution in [2.75, 3.05) is 5.73 Å². The minimum absolute atomic E-state index is 0.0662. The number of rotatable bonds is 3. The van der Waals surface area contributed by atoms with Gasteiger partial charge in [-0.15, -0.1) is 11.3 Å². The average Bonchev–Trinajstić information content (AvgIpc) is 3.31. The van der Waals surface area contributed by atoms with Crippen LogP contribution < -0.4 is 5.73 Å². The normalized spacial score (nSPS) is 21.9. The quantitative estimate of drug-likeness (QED) is 0.580. The van der Waals surface area contributed by atoms with E-state index in [4.69, 9.17) is 10.7 Å². The van der Waals surface area contributed by atoms with E-state index in [0.29, 0.717) is 5.13 Å². The molecule has 4 rings (SSSR count). The van der Waals surface area contributed by atoms with Crippen molar-refractivity contribution in [2.45, 2.75) is 45.1 Å². The Bertz CT molecular complexity index is 881. The van der Waals surface area contributed by atoms with Crippen molar-refractivity contribution in [2.24, 2.45) is 4.99 Å². The number of amides is 1. The zero-order chi connectivity index (χ0) is 18.8. The first-order valence-electron chi connectivity index (χ1n) is 9.20. The number of allylic oxidation sites excluding steroid dienone is 1. The highest BCUT2D eigenvalue weighted by atomic mass is 32.2. The molecule has 2 N–H and O–H groups in total. The van der Waals surface area contributed by atoms with Crippen LogP contribution in [0, 0.1) is 0 Å². The number of thioether (sulfide) groups is 1. The fraction of sp³-hybridized carbons (Fsp3) is 0.350. The van der Waals surface area contributed by atoms with Crippen LogP contribution in [0.25, 0.3) is 5.57 Å². The second-order valence-electron chi connectivity index (χ2n) is 6.85. The van der Waals surface area contributed by atoms with E-state index in [2.05, 4.69) is 4.98 Å². The topological polar surface area (TPSA) is 71.6 Å². The highest BCUT2D eigenvalue weighted by Gasteiger charge is 2.39. The fourth-order valence-electron chi connectivity index (χ4n) is 3.57. The van der Waals surface area contributed by atoms with Crippen LogP contribution in [0.4, 0.5) is 10.8 Å². The molecular formula is C20H22N4OS2. The molecule has 2 heterocycles. The molecule has 1 aliphatic heterocycles. The van der Waals surface area contributed by atoms with Crippen LogP contribution in [0.1, 0.15) is 44.6 Å². The Morgan fingerprint density at radius 2 is 1.96 bits per heavy atom. The number of nitrogens with zero attached hydrogens (tertiary/aromatic N) is 3. The van der Waals surface area contributed by atoms with Crippen LogP contribution in [0.2, 0.25) is 0 Å². The molecule has 140 valence electrons. The van der Waals surface area contributed by atoms with Gasteiger partial charge in [0.1, 0.15) is 0 Å². The summed E-state index contributed by atoms with van der Waals surface area (Å²) in [6.45, 7) is 2.00. The van der Waals surface area contributed by atoms with E-state index in [0.717, 1.165) is 39.7 Å². The second kappa shape index (κ2) is 7.86. The summed E-state index contributed by atoms with van der Waals surface area (Å²) in [6, 6.07) is 7.90. The van der Waals surface area contributed by atoms with E-state index < -0.39 is 0 Å². The number of carbonyl (C=O) groups is 1. The lowest BCUT2D eigenvalue weighted by molar-refractivity contribution is -0.124. The van der Waals surface area contributed by atoms with Crippen molar-refractivity contribution in [3.05, 3.63) is 46.3 Å². The molecule has 1 saturated carbocycles. The van der Waals surface area contributed by atoms with Crippen molar-refractivity contribution < 1.29 is 4.79 Å². The lowest BCUT2D eigenvalue weighted by Crippen LogP contribution is -2.40. The summed E-state index contributed by atoms with van der Waals surface area (Å²) in [5, 5.41) is 3.35. The molecule has 1 saturated heterocycles. The molecule has 27 heavy (non-hydrogen) atoms. The van der Waals surface area contributed by atoms with Crippen LogP contribution in [0.15, 0.2) is 45.7 Å². The molecule has 2 aromatic rings. The third-order valence-corrected chi connectivity index (χ3v) is 6.87. The SMILES string of the molecule is C/C(=C1/S/C(=N/c2nccs2)N(C2CCCCC2)C1=O)c1ccc(N)cc1. The number of aliphatic imine (C=N–C) groups is 1. The molecule has 7 heteroatoms. The molecule has 0 unspecified atom stereocenters. The van der Waals surface area contributed by atoms with E-state index in [-0.39, 0.29) is 11.9 Å². The lowest BCUT2D eigenvalue weighted by atomic mass is 9.94. The van der Waals surface area contributed by atoms with Gasteiger partial charge in [-0.1, -0.05) is 31.4 Å². The van der Waals surface area contributed by atoms with E-state index in [1.54, 1.807) is 6.20 Å². The summed E-state index contributed by atoms with van der Waals surface area (Å²) in [4.78, 5) is 25.0. The van der Waals surface area contributed by atoms with Gasteiger partial charge in [-0.2, -0.15) is 4.99 Å². The standard InChI is InChI=1S/C20H22N4OS2/c1-13(14-7-9-15(21)10-8-14)17-18(25)24(16-5-3-2-4-6-16)20(27-17)23-19-22-11-12-26-19/h7-12,16H,2-6,21H2,1H3/b17-13-,23-20+. The monoisotopic (exact) mass is 398 g/mol. The number of benzene rings is 1. The second-order valence-corrected chi connectivity index (χ2v) is 8.70. The maximum Gasteiger partial charge on any atom is 0.267 e. The molecule has 0 radical (unpaired) electrons. The average molecular weight is 399 g/mol. The molecule has 2 aliphatic rings. The molecular weight excluding hydrogens is 376 g/mol. The van der Waals surface area contributed by atoms with Gasteiger partial charge in [-0.05, 0) is 54.8 Å². The zero-order valence-corrected chi connectivity index (χ0v) is 16.9. The molecule has 5 nitrogen and oxygen atoms in total. The van der Waals surface area contributed by atoms with Crippen LogP contribution in [-0.4, -0.2) is 27.0 Å². The minimum Gasteiger partial charge on any atom is -0.399 e. The van der Waals surface area contributed by atoms with Gasteiger partial charge >= 0.3 is 0 Å². The molecule has 1 aromatic carbocycles. The largest absolute Gasteiger partial charge is 0.399 e. The molecule has 0 atom stereocenters. The number of amidine groups is 1. The van der Waals surface area contributed by atoms with Crippen molar-refractivity contribution in [1.29, 1.82) is 0 Å². The Balaban J connectivity index is 1.73. The van der Waals surface area contributed by atoms with Crippen LogP contribution in [0.3, 0.4) is 0 Å². The third-order valence-electron chi connectivity index (χ3n) is 5.05. The highest BCUT2D eigenvalue weighted by molar-refractivity contribution is 8.18. The predicted molar refractivity (Wildman–Crippen MR) is 114 cm³/mol. The van der Waals surface area contributed by atoms with Crippen molar-refractivity contribution in [3.8, 4) is 0 Å². The number of anilines is 1. The van der Waals surface area contributed by atoms with Gasteiger partial charge in [-0.25, -0.2) is 4.98 Å². The maximum atomic E-state index is 13.4. The molecule has 0 bridgehead atoms. The van der Waals surface area contributed by atoms with E-state index >= 15 is 0 Å². The predicted octanol–water partition coefficient (Wildman–Crippen LogP) is 5.05. The maximum absolute atomic E-state index is 13.4. The van der Waals surface area contributed by atoms with Crippen molar-refractivity contribution >= 4 is 50.6 Å². The first kappa shape index (κ1) is 18.3. The summed E-state index contributed by atoms with van der Waals surface area (Å²) in [5.41, 5.74) is 8.50. The number of hydrogen-bond donors (Lipinski definition) is 1. The number of nitrogens with two attached hydrogens (primary N) is 1. The number of aromatic nitrogens is 1. The molecule has 1 amide bonds. The van der Waals surface area contributed by atoms with E-state index in [1.807, 2.05) is 41.5 Å². The zero-order valence-electron chi connectivity index (χ0n) is 15.2. The van der Waals surface area contributed by atoms with Gasteiger partial charge in [0.2, 0.25) is 5.13 Å². The smallest absolute Gasteiger partial charge is 0.267 e. The van der Waals surface area contributed by atoms with Crippen LogP contribution in [0.5, 0.6) is 0 Å². The molecule has 1 aromatic heterocycles. The Hall–Kier alpha value is -2.12. The summed E-state index contributed by atoms with van der Waals surface area (Å²) in [5.74, 6) is 0.0662. The van der Waals surface area contributed by atoms with E-state index in [1.165, 1.54) is 42.4 Å². The first-order valence-corrected chi connectivity index (χ1v) is 10.9. The summed E-state index contributed by atoms with van der Waals surface area (Å²) >= 11 is 2.95. The minimum atomic E-state index is 0.0662. The summed E-state index contributed by atoms with van der Waals surface area (Å²) in [7, 11) is 0. The lowest BCUT2D eigenvalue weighted by Gasteiger charge is -2.30. The van der Waals surface area contributed by atoms with Crippen LogP contribution >= 0.6 is 23.1 Å². The molecule has 0 spiro atoms. The Labute approximate surface area is 167 Å². The number of hydrogen-bond acceptors (Lipinski definition) is 6. The van der Waals surface area contributed by atoms with Gasteiger partial charge in [0.25, 0.3) is 5.91 Å². The summed E-state index contributed by atoms with van der Waals surface area (Å²) < 4.78 is 0. The summed E-state index contributed by atoms with van der Waals surface area (Å²) in [6.07, 6.45) is 7.40. The van der Waals surface area contributed by atoms with E-state index in [9.17, 15) is 4.79 Å². The Morgan fingerprint density at radius 3 is 2.63 bits per heavy atom. The Kier molecular flexibility index (Phi) is 5.31. The third kappa shape index (κ3) is 3.80. The van der Waals surface area contributed by atoms with Crippen molar-refractivity contribution in [3.63, 3.8) is 0 Å². The number of carbonyl (C=O) groups excluding carboxylic acids is 1. The Morgan fingerprint density at radius 1 is 1.22 bits per heavy atom. The molecule has 1 aliphatic carbocycles. The number of nitrogen functional groups attached to an aromatic ring is 1. The van der Waals surface area contributed by atoms with Gasteiger partial charge in [0.05, 0.1) is 4.91 Å². The van der Waals surface area contributed by atoms with Crippen molar-refractivity contribution in [1.82, 2.24) is 9.88 Å². The van der Waals surface area contributed by atoms with Gasteiger partial charge < -0.3 is 5.73 Å². The number of thiazole rings is 1. The highest BCUT2D eigenvalue weighted by Crippen LogP contribution is 2.41. The van der Waals surface area contributed by atoms with Gasteiger partial charge in [-0.3, -0.25) is 9.69 Å². The van der Waals surface area contributed by atoms with Crippen LogP contribution in [-0.2, 0) is 4.79 Å². The van der Waals surface area contributed by atoms with Gasteiger partial charge in [0.15, 0.2) is 5.17 Å². The first-order chi connectivity index (χ1) is 13.1. The fourth-order valence-corrected chi connectivity index (χ4v) is 5.24. The van der Waals surface area contributed by atoms with Gasteiger partial charge in [0, 0.05) is 23.3 Å². The molecule has 2 fully saturated rings.